The summed E-state index contributed by atoms with van der Waals surface area (Å²) >= 11 is 12.1. The van der Waals surface area contributed by atoms with Crippen molar-refractivity contribution in [3.63, 3.8) is 0 Å². The number of hydrogen-bond donors (Lipinski definition) is 2. The van der Waals surface area contributed by atoms with Crippen LogP contribution in [0.3, 0.4) is 0 Å². The lowest BCUT2D eigenvalue weighted by molar-refractivity contribution is -0.141. The molecule has 192 valence electrons. The molecule has 2 aromatic carbocycles. The van der Waals surface area contributed by atoms with Crippen molar-refractivity contribution in [2.24, 2.45) is 0 Å². The highest BCUT2D eigenvalue weighted by atomic mass is 35.5. The Morgan fingerprint density at radius 2 is 1.86 bits per heavy atom. The van der Waals surface area contributed by atoms with Gasteiger partial charge in [-0.1, -0.05) is 41.4 Å². The molecule has 1 aromatic heterocycles. The zero-order chi connectivity index (χ0) is 26.5. The first-order valence-electron chi connectivity index (χ1n) is 10.3. The third-order valence-corrected chi connectivity index (χ3v) is 7.11. The van der Waals surface area contributed by atoms with Crippen LogP contribution in [0.1, 0.15) is 27.2 Å². The van der Waals surface area contributed by atoms with Gasteiger partial charge in [0.05, 0.1) is 34.2 Å². The summed E-state index contributed by atoms with van der Waals surface area (Å²) in [6, 6.07) is 11.1. The normalized spacial score (nSPS) is 11.7. The predicted molar refractivity (Wildman–Crippen MR) is 131 cm³/mol. The van der Waals surface area contributed by atoms with Gasteiger partial charge in [0, 0.05) is 18.8 Å². The number of methoxy groups -OCH3 is 1. The number of alkyl halides is 3. The van der Waals surface area contributed by atoms with Crippen molar-refractivity contribution in [3.8, 4) is 5.75 Å². The lowest BCUT2D eigenvalue weighted by atomic mass is 10.1. The number of aromatic nitrogens is 1. The molecule has 1 heterocycles. The molecule has 0 saturated carbocycles. The standard InChI is InChI=1S/C23H20Cl2F3N3O4S/c1-35-19-11-16(31-36(33,34)10-9-15-3-2-4-18(24)21(15)25)6-7-17(19)22(32)30-13-14-5-8-20(29-12-14)23(26,27)28/h2-8,11-12,31H,9-10,13H2,1H3,(H,30,32). The van der Waals surface area contributed by atoms with E-state index in [1.54, 1.807) is 18.2 Å². The summed E-state index contributed by atoms with van der Waals surface area (Å²) in [6.07, 6.45) is -3.40. The summed E-state index contributed by atoms with van der Waals surface area (Å²) in [6.45, 7) is -0.0758. The Morgan fingerprint density at radius 1 is 1.11 bits per heavy atom. The van der Waals surface area contributed by atoms with Crippen LogP contribution in [0, 0.1) is 0 Å². The maximum atomic E-state index is 12.6. The van der Waals surface area contributed by atoms with Gasteiger partial charge in [0.2, 0.25) is 10.0 Å². The number of benzene rings is 2. The van der Waals surface area contributed by atoms with Gasteiger partial charge in [0.1, 0.15) is 11.4 Å². The van der Waals surface area contributed by atoms with Crippen LogP contribution in [0.2, 0.25) is 10.0 Å². The number of sulfonamides is 1. The van der Waals surface area contributed by atoms with Crippen molar-refractivity contribution >= 4 is 44.8 Å². The minimum absolute atomic E-state index is 0.0758. The van der Waals surface area contributed by atoms with E-state index in [1.165, 1.54) is 31.4 Å². The lowest BCUT2D eigenvalue weighted by Gasteiger charge is -2.13. The number of amides is 1. The summed E-state index contributed by atoms with van der Waals surface area (Å²) in [5.74, 6) is -0.744. The highest BCUT2D eigenvalue weighted by Gasteiger charge is 2.32. The van der Waals surface area contributed by atoms with Crippen molar-refractivity contribution in [2.75, 3.05) is 17.6 Å². The largest absolute Gasteiger partial charge is 0.496 e. The number of halogens is 5. The zero-order valence-corrected chi connectivity index (χ0v) is 21.0. The number of nitrogens with one attached hydrogen (secondary N) is 2. The summed E-state index contributed by atoms with van der Waals surface area (Å²) in [4.78, 5) is 15.9. The molecular weight excluding hydrogens is 542 g/mol. The van der Waals surface area contributed by atoms with Crippen molar-refractivity contribution < 1.29 is 31.1 Å². The van der Waals surface area contributed by atoms with Gasteiger partial charge >= 0.3 is 6.18 Å². The molecule has 3 aromatic rings. The third-order valence-electron chi connectivity index (χ3n) is 4.96. The Balaban J connectivity index is 1.64. The first-order valence-corrected chi connectivity index (χ1v) is 12.7. The molecule has 0 bridgehead atoms. The zero-order valence-electron chi connectivity index (χ0n) is 18.7. The van der Waals surface area contributed by atoms with Gasteiger partial charge in [-0.15, -0.1) is 0 Å². The van der Waals surface area contributed by atoms with Crippen molar-refractivity contribution in [3.05, 3.63) is 87.2 Å². The Morgan fingerprint density at radius 3 is 2.50 bits per heavy atom. The number of hydrogen-bond acceptors (Lipinski definition) is 5. The number of carbonyl (C=O) groups is 1. The lowest BCUT2D eigenvalue weighted by Crippen LogP contribution is -2.24. The summed E-state index contributed by atoms with van der Waals surface area (Å²) in [5, 5.41) is 3.18. The van der Waals surface area contributed by atoms with Gasteiger partial charge < -0.3 is 10.1 Å². The highest BCUT2D eigenvalue weighted by Crippen LogP contribution is 2.28. The molecule has 0 aliphatic heterocycles. The van der Waals surface area contributed by atoms with Crippen LogP contribution in [0.4, 0.5) is 18.9 Å². The van der Waals surface area contributed by atoms with E-state index in [4.69, 9.17) is 27.9 Å². The second-order valence-electron chi connectivity index (χ2n) is 7.53. The van der Waals surface area contributed by atoms with Gasteiger partial charge in [0.25, 0.3) is 5.91 Å². The fourth-order valence-electron chi connectivity index (χ4n) is 3.13. The predicted octanol–water partition coefficient (Wildman–Crippen LogP) is 5.33. The number of anilines is 1. The summed E-state index contributed by atoms with van der Waals surface area (Å²) in [5.41, 5.74) is 0.188. The molecule has 2 N–H and O–H groups in total. The number of nitrogens with zero attached hydrogens (tertiary/aromatic N) is 1. The first kappa shape index (κ1) is 27.6. The van der Waals surface area contributed by atoms with Crippen molar-refractivity contribution in [1.82, 2.24) is 10.3 Å². The molecule has 0 aliphatic rings. The summed E-state index contributed by atoms with van der Waals surface area (Å²) < 4.78 is 70.6. The van der Waals surface area contributed by atoms with Crippen LogP contribution in [0.15, 0.2) is 54.7 Å². The first-order chi connectivity index (χ1) is 16.9. The average Bonchev–Trinajstić information content (AvgIpc) is 2.83. The molecule has 0 saturated heterocycles. The maximum Gasteiger partial charge on any atom is 0.433 e. The number of aryl methyl sites for hydroxylation is 1. The van der Waals surface area contributed by atoms with Crippen LogP contribution in [0.5, 0.6) is 5.75 Å². The molecular formula is C23H20Cl2F3N3O4S. The van der Waals surface area contributed by atoms with Crippen LogP contribution in [-0.2, 0) is 29.2 Å². The molecule has 0 unspecified atom stereocenters. The molecule has 1 amide bonds. The van der Waals surface area contributed by atoms with Gasteiger partial charge in [-0.2, -0.15) is 13.2 Å². The second-order valence-corrected chi connectivity index (χ2v) is 10.2. The Kier molecular flexibility index (Phi) is 8.70. The SMILES string of the molecule is COc1cc(NS(=O)(=O)CCc2cccc(Cl)c2Cl)ccc1C(=O)NCc1ccc(C(F)(F)F)nc1. The number of ether oxygens (including phenoxy) is 1. The van der Waals surface area contributed by atoms with E-state index in [9.17, 15) is 26.4 Å². The van der Waals surface area contributed by atoms with E-state index in [2.05, 4.69) is 15.0 Å². The molecule has 0 fully saturated rings. The van der Waals surface area contributed by atoms with Crippen LogP contribution >= 0.6 is 23.2 Å². The third kappa shape index (κ3) is 7.25. The van der Waals surface area contributed by atoms with Gasteiger partial charge in [-0.25, -0.2) is 8.42 Å². The fourth-order valence-corrected chi connectivity index (χ4v) is 4.62. The number of rotatable bonds is 9. The monoisotopic (exact) mass is 561 g/mol. The Bertz CT molecular complexity index is 1350. The van der Waals surface area contributed by atoms with Crippen molar-refractivity contribution in [2.45, 2.75) is 19.1 Å². The number of carbonyl (C=O) groups excluding carboxylic acids is 1. The smallest absolute Gasteiger partial charge is 0.433 e. The van der Waals surface area contributed by atoms with E-state index in [0.717, 1.165) is 12.3 Å². The average molecular weight is 562 g/mol. The Labute approximate surface area is 215 Å². The van der Waals surface area contributed by atoms with E-state index < -0.39 is 27.8 Å². The van der Waals surface area contributed by atoms with Gasteiger partial charge in [-0.3, -0.25) is 14.5 Å². The minimum atomic E-state index is -4.55. The van der Waals surface area contributed by atoms with Crippen LogP contribution < -0.4 is 14.8 Å². The Hall–Kier alpha value is -3.02. The van der Waals surface area contributed by atoms with E-state index >= 15 is 0 Å². The van der Waals surface area contributed by atoms with Gasteiger partial charge in [-0.05, 0) is 41.8 Å². The van der Waals surface area contributed by atoms with E-state index in [0.29, 0.717) is 21.2 Å². The summed E-state index contributed by atoms with van der Waals surface area (Å²) in [7, 11) is -2.46. The van der Waals surface area contributed by atoms with Crippen LogP contribution in [-0.4, -0.2) is 32.2 Å². The molecule has 0 aliphatic carbocycles. The molecule has 7 nitrogen and oxygen atoms in total. The maximum absolute atomic E-state index is 12.6. The minimum Gasteiger partial charge on any atom is -0.496 e. The van der Waals surface area contributed by atoms with E-state index in [1.807, 2.05) is 0 Å². The molecule has 0 atom stereocenters. The van der Waals surface area contributed by atoms with Crippen molar-refractivity contribution in [1.29, 1.82) is 0 Å². The highest BCUT2D eigenvalue weighted by molar-refractivity contribution is 7.92. The van der Waals surface area contributed by atoms with Crippen LogP contribution in [0.25, 0.3) is 0 Å². The molecule has 0 spiro atoms. The second kappa shape index (κ2) is 11.4. The number of pyridine rings is 1. The fraction of sp³-hybridized carbons (Fsp3) is 0.217. The van der Waals surface area contributed by atoms with Gasteiger partial charge in [0.15, 0.2) is 0 Å². The quantitative estimate of drug-likeness (QED) is 0.368. The molecule has 3 rings (SSSR count). The molecule has 36 heavy (non-hydrogen) atoms. The van der Waals surface area contributed by atoms with E-state index in [-0.39, 0.29) is 35.7 Å². The molecule has 13 heteroatoms. The molecule has 0 radical (unpaired) electrons. The topological polar surface area (TPSA) is 97.4 Å².